The average molecular weight is 407 g/mol. The molecule has 0 aliphatic carbocycles. The molecular formula is C19H20F3N5O2. The molecule has 0 spiro atoms. The van der Waals surface area contributed by atoms with E-state index in [-0.39, 0.29) is 19.0 Å². The lowest BCUT2D eigenvalue weighted by Crippen LogP contribution is -2.45. The number of aliphatic hydroxyl groups is 1. The maximum Gasteiger partial charge on any atom is 0.424 e. The number of alkyl halides is 3. The van der Waals surface area contributed by atoms with Gasteiger partial charge >= 0.3 is 6.18 Å². The second kappa shape index (κ2) is 6.31. The van der Waals surface area contributed by atoms with Crippen LogP contribution in [0.25, 0.3) is 10.9 Å². The molecule has 4 rings (SSSR count). The summed E-state index contributed by atoms with van der Waals surface area (Å²) in [5.41, 5.74) is -1.38. The number of aromatic nitrogens is 4. The number of rotatable bonds is 2. The molecule has 0 saturated heterocycles. The van der Waals surface area contributed by atoms with Gasteiger partial charge in [0.1, 0.15) is 0 Å². The van der Waals surface area contributed by atoms with Gasteiger partial charge in [0, 0.05) is 30.7 Å². The van der Waals surface area contributed by atoms with Crippen molar-refractivity contribution in [3.05, 3.63) is 47.7 Å². The SMILES string of the molecule is C[C@H]1CN(C(=O)c2ccc3nn(C)cc3c2)Cc2cnc([C@@](C)(O)C(F)(F)F)n21. The van der Waals surface area contributed by atoms with E-state index in [1.165, 1.54) is 10.8 Å². The first-order valence-electron chi connectivity index (χ1n) is 9.07. The zero-order chi connectivity index (χ0) is 21.1. The maximum atomic E-state index is 13.3. The molecule has 0 bridgehead atoms. The minimum Gasteiger partial charge on any atom is -0.374 e. The molecule has 1 aliphatic rings. The average Bonchev–Trinajstić information content (AvgIpc) is 3.22. The minimum atomic E-state index is -4.86. The Morgan fingerprint density at radius 3 is 2.72 bits per heavy atom. The Balaban J connectivity index is 1.64. The van der Waals surface area contributed by atoms with Crippen LogP contribution in [0.4, 0.5) is 13.2 Å². The number of amides is 1. The highest BCUT2D eigenvalue weighted by Crippen LogP contribution is 2.40. The fraction of sp³-hybridized carbons (Fsp3) is 0.421. The van der Waals surface area contributed by atoms with E-state index in [1.807, 2.05) is 6.20 Å². The van der Waals surface area contributed by atoms with Crippen LogP contribution in [0, 0.1) is 0 Å². The fourth-order valence-electron chi connectivity index (χ4n) is 3.77. The van der Waals surface area contributed by atoms with Crippen LogP contribution in [0.1, 0.15) is 41.8 Å². The third-order valence-corrected chi connectivity index (χ3v) is 5.29. The third kappa shape index (κ3) is 3.07. The fourth-order valence-corrected chi connectivity index (χ4v) is 3.77. The minimum absolute atomic E-state index is 0.106. The molecule has 2 atom stereocenters. The smallest absolute Gasteiger partial charge is 0.374 e. The maximum absolute atomic E-state index is 13.3. The van der Waals surface area contributed by atoms with Gasteiger partial charge < -0.3 is 14.6 Å². The van der Waals surface area contributed by atoms with Crippen LogP contribution in [0.3, 0.4) is 0 Å². The van der Waals surface area contributed by atoms with Gasteiger partial charge in [-0.1, -0.05) is 0 Å². The summed E-state index contributed by atoms with van der Waals surface area (Å²) in [5, 5.41) is 15.2. The van der Waals surface area contributed by atoms with Crippen LogP contribution in [0.15, 0.2) is 30.6 Å². The summed E-state index contributed by atoms with van der Waals surface area (Å²) in [6, 6.07) is 4.73. The van der Waals surface area contributed by atoms with Crippen molar-refractivity contribution in [1.29, 1.82) is 0 Å². The topological polar surface area (TPSA) is 76.2 Å². The second-order valence-electron chi connectivity index (χ2n) is 7.62. The molecule has 10 heteroatoms. The summed E-state index contributed by atoms with van der Waals surface area (Å²) < 4.78 is 42.9. The van der Waals surface area contributed by atoms with Crippen molar-refractivity contribution < 1.29 is 23.1 Å². The summed E-state index contributed by atoms with van der Waals surface area (Å²) in [6.07, 6.45) is -1.76. The van der Waals surface area contributed by atoms with E-state index < -0.39 is 23.6 Å². The quantitative estimate of drug-likeness (QED) is 0.709. The van der Waals surface area contributed by atoms with Gasteiger partial charge in [0.2, 0.25) is 5.60 Å². The van der Waals surface area contributed by atoms with Crippen molar-refractivity contribution in [3.8, 4) is 0 Å². The molecule has 154 valence electrons. The first-order valence-corrected chi connectivity index (χ1v) is 9.07. The van der Waals surface area contributed by atoms with E-state index in [1.54, 1.807) is 41.8 Å². The van der Waals surface area contributed by atoms with Crippen molar-refractivity contribution in [3.63, 3.8) is 0 Å². The number of imidazole rings is 1. The number of hydrogen-bond donors (Lipinski definition) is 1. The van der Waals surface area contributed by atoms with Gasteiger partial charge in [0.25, 0.3) is 5.91 Å². The summed E-state index contributed by atoms with van der Waals surface area (Å²) in [5.74, 6) is -0.685. The number of nitrogens with zero attached hydrogens (tertiary/aromatic N) is 5. The number of aryl methyl sites for hydroxylation is 1. The summed E-state index contributed by atoms with van der Waals surface area (Å²) in [7, 11) is 1.79. The van der Waals surface area contributed by atoms with Gasteiger partial charge in [-0.25, -0.2) is 4.98 Å². The number of carbonyl (C=O) groups is 1. The van der Waals surface area contributed by atoms with Gasteiger partial charge in [-0.3, -0.25) is 9.48 Å². The van der Waals surface area contributed by atoms with Gasteiger partial charge in [0.05, 0.1) is 30.0 Å². The molecule has 29 heavy (non-hydrogen) atoms. The van der Waals surface area contributed by atoms with E-state index >= 15 is 0 Å². The number of hydrogen-bond acceptors (Lipinski definition) is 4. The highest BCUT2D eigenvalue weighted by molar-refractivity contribution is 5.98. The predicted octanol–water partition coefficient (Wildman–Crippen LogP) is 2.76. The standard InChI is InChI=1S/C19H20F3N5O2/c1-11-8-26(16(28)12-4-5-15-13(6-12)9-25(3)24-15)10-14-7-23-17(27(11)14)18(2,29)19(20,21)22/h4-7,9,11,29H,8,10H2,1-3H3/t11-,18+/m0/s1. The van der Waals surface area contributed by atoms with Crippen LogP contribution < -0.4 is 0 Å². The lowest BCUT2D eigenvalue weighted by Gasteiger charge is -2.36. The molecule has 3 heterocycles. The second-order valence-corrected chi connectivity index (χ2v) is 7.62. The van der Waals surface area contributed by atoms with E-state index in [0.29, 0.717) is 18.2 Å². The van der Waals surface area contributed by atoms with Gasteiger partial charge in [-0.05, 0) is 32.0 Å². The molecule has 0 fully saturated rings. The van der Waals surface area contributed by atoms with Crippen LogP contribution in [0.5, 0.6) is 0 Å². The van der Waals surface area contributed by atoms with E-state index in [0.717, 1.165) is 10.9 Å². The lowest BCUT2D eigenvalue weighted by atomic mass is 10.0. The molecule has 3 aromatic rings. The zero-order valence-corrected chi connectivity index (χ0v) is 16.1. The van der Waals surface area contributed by atoms with Crippen molar-refractivity contribution in [1.82, 2.24) is 24.2 Å². The Labute approximate surface area is 164 Å². The summed E-state index contributed by atoms with van der Waals surface area (Å²) >= 11 is 0. The highest BCUT2D eigenvalue weighted by Gasteiger charge is 2.55. The first kappa shape index (κ1) is 19.4. The van der Waals surface area contributed by atoms with Crippen LogP contribution in [-0.2, 0) is 19.2 Å². The Morgan fingerprint density at radius 2 is 2.03 bits per heavy atom. The first-order chi connectivity index (χ1) is 13.5. The monoisotopic (exact) mass is 407 g/mol. The highest BCUT2D eigenvalue weighted by atomic mass is 19.4. The van der Waals surface area contributed by atoms with E-state index in [2.05, 4.69) is 10.1 Å². The van der Waals surface area contributed by atoms with Crippen molar-refractivity contribution in [2.45, 2.75) is 38.2 Å². The molecule has 1 N–H and O–H groups in total. The van der Waals surface area contributed by atoms with Crippen molar-refractivity contribution in [2.24, 2.45) is 7.05 Å². The molecule has 1 aliphatic heterocycles. The number of benzene rings is 1. The Hall–Kier alpha value is -2.88. The molecule has 0 saturated carbocycles. The number of carbonyl (C=O) groups excluding carboxylic acids is 1. The molecule has 1 amide bonds. The van der Waals surface area contributed by atoms with Crippen LogP contribution in [-0.4, -0.2) is 48.0 Å². The Morgan fingerprint density at radius 1 is 1.31 bits per heavy atom. The number of fused-ring (bicyclic) bond motifs is 2. The predicted molar refractivity (Wildman–Crippen MR) is 98.0 cm³/mol. The lowest BCUT2D eigenvalue weighted by molar-refractivity contribution is -0.263. The van der Waals surface area contributed by atoms with Gasteiger partial charge in [-0.2, -0.15) is 18.3 Å². The normalized spacial score (nSPS) is 19.3. The van der Waals surface area contributed by atoms with Gasteiger partial charge in [0.15, 0.2) is 5.82 Å². The molecule has 2 aromatic heterocycles. The molecule has 0 unspecified atom stereocenters. The summed E-state index contributed by atoms with van der Waals surface area (Å²) in [4.78, 5) is 18.4. The van der Waals surface area contributed by atoms with Crippen molar-refractivity contribution >= 4 is 16.8 Å². The van der Waals surface area contributed by atoms with E-state index in [9.17, 15) is 23.1 Å². The van der Waals surface area contributed by atoms with Crippen LogP contribution >= 0.6 is 0 Å². The van der Waals surface area contributed by atoms with Gasteiger partial charge in [-0.15, -0.1) is 0 Å². The van der Waals surface area contributed by atoms with Crippen molar-refractivity contribution in [2.75, 3.05) is 6.54 Å². The Kier molecular flexibility index (Phi) is 4.23. The summed E-state index contributed by atoms with van der Waals surface area (Å²) in [6.45, 7) is 2.70. The third-order valence-electron chi connectivity index (χ3n) is 5.29. The zero-order valence-electron chi connectivity index (χ0n) is 16.1. The molecule has 7 nitrogen and oxygen atoms in total. The van der Waals surface area contributed by atoms with E-state index in [4.69, 9.17) is 0 Å². The Bertz CT molecular complexity index is 1100. The molecule has 1 aromatic carbocycles. The number of halogens is 3. The molecule has 0 radical (unpaired) electrons. The largest absolute Gasteiger partial charge is 0.424 e. The van der Waals surface area contributed by atoms with Crippen LogP contribution in [0.2, 0.25) is 0 Å². The molecular weight excluding hydrogens is 387 g/mol.